The smallest absolute Gasteiger partial charge is 0.289 e. The number of hydrogen-bond donors (Lipinski definition) is 0. The number of piperazine rings is 2. The van der Waals surface area contributed by atoms with Crippen molar-refractivity contribution >= 4 is 99.2 Å². The fourth-order valence-electron chi connectivity index (χ4n) is 6.59. The second-order valence-corrected chi connectivity index (χ2v) is 20.6. The van der Waals surface area contributed by atoms with Gasteiger partial charge in [-0.2, -0.15) is 8.61 Å². The molecule has 24 heteroatoms. The molecule has 2 saturated heterocycles. The van der Waals surface area contributed by atoms with Gasteiger partial charge in [0.05, 0.1) is 38.1 Å². The first-order valence-electron chi connectivity index (χ1n) is 18.7. The third-order valence-electron chi connectivity index (χ3n) is 10.0. The van der Waals surface area contributed by atoms with Crippen molar-refractivity contribution in [2.24, 2.45) is 0 Å². The van der Waals surface area contributed by atoms with Gasteiger partial charge in [0.2, 0.25) is 20.0 Å². The van der Waals surface area contributed by atoms with Crippen LogP contribution in [0.5, 0.6) is 5.75 Å². The Balaban J connectivity index is 0.000000189. The van der Waals surface area contributed by atoms with E-state index in [1.54, 1.807) is 19.2 Å². The number of nitro benzene ring substituents is 2. The van der Waals surface area contributed by atoms with E-state index in [0.29, 0.717) is 31.2 Å². The molecule has 0 aliphatic carbocycles. The van der Waals surface area contributed by atoms with Crippen LogP contribution in [0.25, 0.3) is 22.5 Å². The van der Waals surface area contributed by atoms with E-state index in [2.05, 4.69) is 4.98 Å². The lowest BCUT2D eigenvalue weighted by Gasteiger charge is -2.33. The number of rotatable bonds is 11. The van der Waals surface area contributed by atoms with Crippen LogP contribution < -0.4 is 14.5 Å². The summed E-state index contributed by atoms with van der Waals surface area (Å²) in [7, 11) is -6.12. The van der Waals surface area contributed by atoms with Crippen LogP contribution in [0.4, 0.5) is 21.6 Å². The highest BCUT2D eigenvalue weighted by Crippen LogP contribution is 2.34. The Bertz CT molecular complexity index is 2850. The second-order valence-electron chi connectivity index (χ2n) is 13.8. The lowest BCUT2D eigenvalue weighted by Crippen LogP contribution is -2.48. The van der Waals surface area contributed by atoms with Crippen LogP contribution in [0.1, 0.15) is 0 Å². The van der Waals surface area contributed by atoms with E-state index < -0.39 is 41.3 Å². The molecule has 0 spiro atoms. The average molecular weight is 994 g/mol. The van der Waals surface area contributed by atoms with Gasteiger partial charge in [0.25, 0.3) is 11.4 Å². The maximum atomic E-state index is 13.0. The van der Waals surface area contributed by atoms with Gasteiger partial charge < -0.3 is 14.5 Å². The number of ether oxygens (including phenoxy) is 1. The number of aromatic nitrogens is 2. The molecule has 0 atom stereocenters. The van der Waals surface area contributed by atoms with Gasteiger partial charge in [-0.15, -0.1) is 22.7 Å². The van der Waals surface area contributed by atoms with Gasteiger partial charge in [0.1, 0.15) is 15.8 Å². The van der Waals surface area contributed by atoms with E-state index >= 15 is 0 Å². The van der Waals surface area contributed by atoms with Crippen LogP contribution in [0, 0.1) is 20.2 Å². The first kappa shape index (κ1) is 46.0. The summed E-state index contributed by atoms with van der Waals surface area (Å²) >= 11 is 20.5. The van der Waals surface area contributed by atoms with Crippen LogP contribution in [0.3, 0.4) is 0 Å². The normalized spacial score (nSPS) is 15.1. The molecule has 2 fully saturated rings. The van der Waals surface area contributed by atoms with Crippen LogP contribution >= 0.6 is 57.5 Å². The monoisotopic (exact) mass is 992 g/mol. The molecule has 8 rings (SSSR count). The number of hydrogen-bond acceptors (Lipinski definition) is 15. The third-order valence-corrected chi connectivity index (χ3v) is 16.5. The summed E-state index contributed by atoms with van der Waals surface area (Å²) in [6.07, 6.45) is 0. The van der Waals surface area contributed by atoms with Crippen molar-refractivity contribution in [3.8, 4) is 28.3 Å². The van der Waals surface area contributed by atoms with E-state index in [9.17, 15) is 37.1 Å². The van der Waals surface area contributed by atoms with Gasteiger partial charge in [-0.1, -0.05) is 46.9 Å². The summed E-state index contributed by atoms with van der Waals surface area (Å²) in [5, 5.41) is 28.2. The number of sulfonamides is 2. The molecule has 330 valence electrons. The molecule has 4 aromatic carbocycles. The second kappa shape index (κ2) is 19.4. The number of methoxy groups -OCH3 is 1. The molecule has 0 amide bonds. The molecule has 0 unspecified atom stereocenters. The molecule has 17 nitrogen and oxygen atoms in total. The molecule has 4 heterocycles. The summed E-state index contributed by atoms with van der Waals surface area (Å²) in [5.41, 5.74) is 2.74. The molecule has 2 aliphatic rings. The average Bonchev–Trinajstić information content (AvgIpc) is 3.99. The zero-order valence-corrected chi connectivity index (χ0v) is 38.4. The Morgan fingerprint density at radius 2 is 0.968 bits per heavy atom. The van der Waals surface area contributed by atoms with Crippen molar-refractivity contribution in [3.05, 3.63) is 131 Å². The number of halogens is 3. The largest absolute Gasteiger partial charge is 0.497 e. The molecule has 0 N–H and O–H groups in total. The SMILES string of the molecule is COc1ccc(-c2csc(N3CCN(S(=O)(=O)c4ccc(Cl)c([N+](=O)[O-])c4)CC3)n2)cc1.O=[N+]([O-])c1cc(S(=O)(=O)N2CCN(c3nc(-c4ccc(Cl)cc4)cs3)CC2)ccc1Cl. The van der Waals surface area contributed by atoms with Crippen molar-refractivity contribution < 1.29 is 31.4 Å². The van der Waals surface area contributed by atoms with Crippen molar-refractivity contribution in [1.29, 1.82) is 0 Å². The molecule has 6 aromatic rings. The molecule has 2 aromatic heterocycles. The Morgan fingerprint density at radius 1 is 0.587 bits per heavy atom. The predicted octanol–water partition coefficient (Wildman–Crippen LogP) is 8.43. The summed E-state index contributed by atoms with van der Waals surface area (Å²) in [5.74, 6) is 0.771. The lowest BCUT2D eigenvalue weighted by atomic mass is 10.2. The summed E-state index contributed by atoms with van der Waals surface area (Å²) in [6.45, 7) is 2.83. The number of benzene rings is 4. The predicted molar refractivity (Wildman–Crippen MR) is 245 cm³/mol. The van der Waals surface area contributed by atoms with Crippen molar-refractivity contribution in [1.82, 2.24) is 18.6 Å². The van der Waals surface area contributed by atoms with Crippen molar-refractivity contribution in [2.75, 3.05) is 69.3 Å². The number of thiazole rings is 2. The molecule has 0 saturated carbocycles. The summed E-state index contributed by atoms with van der Waals surface area (Å²) in [6, 6.07) is 22.1. The van der Waals surface area contributed by atoms with Gasteiger partial charge in [-0.3, -0.25) is 20.2 Å². The quantitative estimate of drug-likeness (QED) is 0.0885. The van der Waals surface area contributed by atoms with Gasteiger partial charge in [0.15, 0.2) is 10.3 Å². The van der Waals surface area contributed by atoms with Crippen LogP contribution in [0.2, 0.25) is 15.1 Å². The summed E-state index contributed by atoms with van der Waals surface area (Å²) < 4.78 is 59.7. The Labute approximate surface area is 385 Å². The van der Waals surface area contributed by atoms with E-state index in [0.717, 1.165) is 50.7 Å². The minimum atomic E-state index is -3.87. The molecule has 0 radical (unpaired) electrons. The Hall–Kier alpha value is -4.97. The van der Waals surface area contributed by atoms with Gasteiger partial charge in [0, 0.05) is 91.4 Å². The van der Waals surface area contributed by atoms with Gasteiger partial charge in [-0.05, 0) is 60.7 Å². The van der Waals surface area contributed by atoms with E-state index in [1.807, 2.05) is 57.0 Å². The summed E-state index contributed by atoms with van der Waals surface area (Å²) in [4.78, 5) is 33.9. The number of anilines is 2. The minimum absolute atomic E-state index is 0.102. The topological polar surface area (TPSA) is 203 Å². The van der Waals surface area contributed by atoms with E-state index in [-0.39, 0.29) is 46.0 Å². The van der Waals surface area contributed by atoms with E-state index in [1.165, 1.54) is 55.5 Å². The molecular formula is C39H35Cl3N8O9S4. The zero-order chi connectivity index (χ0) is 45.1. The molecule has 2 aliphatic heterocycles. The highest BCUT2D eigenvalue weighted by atomic mass is 35.5. The van der Waals surface area contributed by atoms with Crippen LogP contribution in [-0.2, 0) is 20.0 Å². The Kier molecular flexibility index (Phi) is 14.2. The number of nitro groups is 2. The highest BCUT2D eigenvalue weighted by Gasteiger charge is 2.33. The van der Waals surface area contributed by atoms with Crippen molar-refractivity contribution in [3.63, 3.8) is 0 Å². The maximum absolute atomic E-state index is 13.0. The lowest BCUT2D eigenvalue weighted by molar-refractivity contribution is -0.385. The fourth-order valence-corrected chi connectivity index (χ4v) is 11.8. The zero-order valence-electron chi connectivity index (χ0n) is 32.9. The standard InChI is InChI=1S/C20H19ClN4O5S2.C19H16Cl2N4O4S2/c1-30-15-4-2-14(3-5-15)18-13-31-20(22-18)23-8-10-24(11-9-23)32(28,29)16-6-7-17(21)19(12-16)25(26)27;20-14-3-1-13(2-4-14)17-12-30-19(22-17)23-7-9-24(10-8-23)31(28,29)15-5-6-16(21)18(11-15)25(26)27/h2-7,12-13H,8-11H2,1H3;1-6,11-12H,7-10H2. The van der Waals surface area contributed by atoms with E-state index in [4.69, 9.17) is 44.5 Å². The first-order valence-corrected chi connectivity index (χ1v) is 24.5. The minimum Gasteiger partial charge on any atom is -0.497 e. The number of nitrogens with zero attached hydrogens (tertiary/aromatic N) is 8. The molecule has 63 heavy (non-hydrogen) atoms. The fraction of sp³-hybridized carbons (Fsp3) is 0.231. The van der Waals surface area contributed by atoms with Gasteiger partial charge >= 0.3 is 0 Å². The maximum Gasteiger partial charge on any atom is 0.289 e. The third kappa shape index (κ3) is 10.4. The molecular weight excluding hydrogens is 959 g/mol. The van der Waals surface area contributed by atoms with Crippen LogP contribution in [0.15, 0.2) is 105 Å². The van der Waals surface area contributed by atoms with Crippen molar-refractivity contribution in [2.45, 2.75) is 9.79 Å². The first-order chi connectivity index (χ1) is 30.0. The molecule has 0 bridgehead atoms. The highest BCUT2D eigenvalue weighted by molar-refractivity contribution is 7.89. The van der Waals surface area contributed by atoms with Crippen LogP contribution in [-0.4, -0.2) is 105 Å². The Morgan fingerprint density at radius 3 is 1.33 bits per heavy atom. The van der Waals surface area contributed by atoms with Gasteiger partial charge in [-0.25, -0.2) is 26.8 Å².